The number of anilines is 1. The van der Waals surface area contributed by atoms with Gasteiger partial charge in [-0.15, -0.1) is 24.2 Å². The highest BCUT2D eigenvalue weighted by molar-refractivity contribution is 8.14. The molecule has 4 nitrogen and oxygen atoms in total. The van der Waals surface area contributed by atoms with Crippen LogP contribution in [0.3, 0.4) is 0 Å². The third-order valence-corrected chi connectivity index (χ3v) is 5.35. The summed E-state index contributed by atoms with van der Waals surface area (Å²) in [6.07, 6.45) is 8.99. The average molecular weight is 502 g/mol. The van der Waals surface area contributed by atoms with Crippen LogP contribution in [-0.2, 0) is 0 Å². The molecule has 2 aromatic rings. The first-order valence-electron chi connectivity index (χ1n) is 9.85. The maximum atomic E-state index is 13.5. The summed E-state index contributed by atoms with van der Waals surface area (Å²) in [5.41, 5.74) is 2.46. The Kier molecular flexibility index (Phi) is 10.5. The highest BCUT2D eigenvalue weighted by Gasteiger charge is 2.19. The Labute approximate surface area is 208 Å². The number of aliphatic imine (C=N–C) groups is 1. The minimum Gasteiger partial charge on any atom is -0.429 e. The average Bonchev–Trinajstić information content (AvgIpc) is 3.21. The largest absolute Gasteiger partial charge is 0.429 e. The first-order valence-corrected chi connectivity index (χ1v) is 11.5. The van der Waals surface area contributed by atoms with Crippen molar-refractivity contribution in [3.63, 3.8) is 0 Å². The number of oxazole rings is 1. The van der Waals surface area contributed by atoms with Crippen LogP contribution in [0, 0.1) is 0 Å². The van der Waals surface area contributed by atoms with Crippen molar-refractivity contribution in [1.29, 1.82) is 0 Å². The molecule has 172 valence electrons. The van der Waals surface area contributed by atoms with Gasteiger partial charge in [-0.3, -0.25) is 4.99 Å². The van der Waals surface area contributed by atoms with Gasteiger partial charge in [0.1, 0.15) is 16.6 Å². The minimum absolute atomic E-state index is 0.173. The van der Waals surface area contributed by atoms with Crippen LogP contribution in [0.2, 0.25) is 0 Å². The second kappa shape index (κ2) is 13.1. The summed E-state index contributed by atoms with van der Waals surface area (Å²) in [4.78, 5) is 9.72. The van der Waals surface area contributed by atoms with Gasteiger partial charge in [0.25, 0.3) is 0 Å². The third-order valence-electron chi connectivity index (χ3n) is 3.99. The molecule has 0 saturated carbocycles. The summed E-state index contributed by atoms with van der Waals surface area (Å²) < 4.78 is 19.5. The molecule has 1 heterocycles. The maximum absolute atomic E-state index is 13.5. The molecule has 0 radical (unpaired) electrons. The molecule has 1 unspecified atom stereocenters. The van der Waals surface area contributed by atoms with E-state index in [1.807, 2.05) is 31.2 Å². The Hall–Kier alpha value is -2.74. The molecule has 1 aromatic heterocycles. The second-order valence-corrected chi connectivity index (χ2v) is 8.90. The van der Waals surface area contributed by atoms with E-state index in [1.54, 1.807) is 25.2 Å². The molecule has 0 aliphatic carbocycles. The number of aromatic nitrogens is 1. The van der Waals surface area contributed by atoms with Crippen molar-refractivity contribution in [2.24, 2.45) is 4.99 Å². The summed E-state index contributed by atoms with van der Waals surface area (Å²) >= 11 is 11.6. The Bertz CT molecular complexity index is 1130. The predicted octanol–water partition coefficient (Wildman–Crippen LogP) is 8.31. The van der Waals surface area contributed by atoms with Crippen molar-refractivity contribution in [2.45, 2.75) is 29.2 Å². The van der Waals surface area contributed by atoms with Gasteiger partial charge < -0.3 is 9.73 Å². The van der Waals surface area contributed by atoms with Gasteiger partial charge in [0.05, 0.1) is 5.70 Å². The van der Waals surface area contributed by atoms with E-state index in [4.69, 9.17) is 16.0 Å². The molecule has 0 saturated heterocycles. The molecular weight excluding hydrogens is 477 g/mol. The number of allylic oxidation sites excluding steroid dienone is 6. The van der Waals surface area contributed by atoms with E-state index < -0.39 is 5.83 Å². The number of nitrogens with one attached hydrogen (secondary N) is 1. The van der Waals surface area contributed by atoms with Gasteiger partial charge in [-0.05, 0) is 68.1 Å². The summed E-state index contributed by atoms with van der Waals surface area (Å²) in [6.45, 7) is 14.8. The number of rotatable bonds is 10. The topological polar surface area (TPSA) is 50.4 Å². The normalized spacial score (nSPS) is 13.8. The Morgan fingerprint density at radius 3 is 2.61 bits per heavy atom. The number of halogens is 2. The third kappa shape index (κ3) is 8.61. The van der Waals surface area contributed by atoms with Crippen molar-refractivity contribution in [3.05, 3.63) is 98.0 Å². The van der Waals surface area contributed by atoms with E-state index in [0.717, 1.165) is 16.7 Å². The fourth-order valence-electron chi connectivity index (χ4n) is 2.36. The highest BCUT2D eigenvalue weighted by Crippen LogP contribution is 2.33. The number of nitrogens with zero attached hydrogens (tertiary/aromatic N) is 2. The number of alkyl halides is 1. The van der Waals surface area contributed by atoms with Crippen LogP contribution in [0.15, 0.2) is 106 Å². The lowest BCUT2D eigenvalue weighted by molar-refractivity contribution is 0.457. The van der Waals surface area contributed by atoms with E-state index in [-0.39, 0.29) is 5.38 Å². The molecule has 33 heavy (non-hydrogen) atoms. The number of thioether (sulfide) groups is 1. The summed E-state index contributed by atoms with van der Waals surface area (Å²) in [5, 5.41) is 4.12. The van der Waals surface area contributed by atoms with Crippen LogP contribution >= 0.6 is 36.0 Å². The van der Waals surface area contributed by atoms with E-state index in [9.17, 15) is 4.39 Å². The van der Waals surface area contributed by atoms with Crippen molar-refractivity contribution in [1.82, 2.24) is 4.98 Å². The van der Waals surface area contributed by atoms with Crippen LogP contribution in [-0.4, -0.2) is 15.4 Å². The zero-order valence-electron chi connectivity index (χ0n) is 18.4. The molecule has 0 spiro atoms. The van der Waals surface area contributed by atoms with Crippen LogP contribution in [0.25, 0.3) is 11.3 Å². The molecule has 0 aliphatic rings. The molecule has 2 rings (SSSR count). The van der Waals surface area contributed by atoms with Gasteiger partial charge in [0.15, 0.2) is 5.09 Å². The van der Waals surface area contributed by atoms with Crippen LogP contribution in [0.4, 0.5) is 10.1 Å². The smallest absolute Gasteiger partial charge is 0.223 e. The number of hydrogen-bond acceptors (Lipinski definition) is 6. The molecule has 1 atom stereocenters. The van der Waals surface area contributed by atoms with Gasteiger partial charge in [-0.2, -0.15) is 0 Å². The van der Waals surface area contributed by atoms with E-state index in [1.165, 1.54) is 24.0 Å². The number of benzene rings is 1. The van der Waals surface area contributed by atoms with E-state index in [0.29, 0.717) is 33.0 Å². The Morgan fingerprint density at radius 1 is 1.30 bits per heavy atom. The summed E-state index contributed by atoms with van der Waals surface area (Å²) in [5.74, 6) is -0.142. The Balaban J connectivity index is 2.45. The first kappa shape index (κ1) is 26.5. The predicted molar refractivity (Wildman–Crippen MR) is 144 cm³/mol. The monoisotopic (exact) mass is 501 g/mol. The van der Waals surface area contributed by atoms with Crippen LogP contribution in [0.1, 0.15) is 25.4 Å². The van der Waals surface area contributed by atoms with Gasteiger partial charge in [-0.25, -0.2) is 9.37 Å². The zero-order valence-corrected chi connectivity index (χ0v) is 20.9. The lowest BCUT2D eigenvalue weighted by atomic mass is 10.2. The zero-order chi connectivity index (χ0) is 24.4. The molecule has 0 bridgehead atoms. The van der Waals surface area contributed by atoms with Crippen molar-refractivity contribution >= 4 is 58.0 Å². The van der Waals surface area contributed by atoms with Crippen molar-refractivity contribution < 1.29 is 8.81 Å². The van der Waals surface area contributed by atoms with Crippen LogP contribution in [0.5, 0.6) is 0 Å². The van der Waals surface area contributed by atoms with Gasteiger partial charge in [0.2, 0.25) is 5.89 Å². The summed E-state index contributed by atoms with van der Waals surface area (Å²) in [7, 11) is 0. The number of thiol groups is 1. The molecule has 0 fully saturated rings. The van der Waals surface area contributed by atoms with E-state index >= 15 is 0 Å². The van der Waals surface area contributed by atoms with Crippen molar-refractivity contribution in [3.8, 4) is 0 Å². The summed E-state index contributed by atoms with van der Waals surface area (Å²) in [6, 6.07) is 7.49. The second-order valence-electron chi connectivity index (χ2n) is 6.70. The fourth-order valence-corrected chi connectivity index (χ4v) is 3.43. The maximum Gasteiger partial charge on any atom is 0.223 e. The highest BCUT2D eigenvalue weighted by atomic mass is 35.5. The lowest BCUT2D eigenvalue weighted by Gasteiger charge is -2.08. The van der Waals surface area contributed by atoms with E-state index in [2.05, 4.69) is 47.7 Å². The first-order chi connectivity index (χ1) is 15.7. The molecule has 1 aromatic carbocycles. The Morgan fingerprint density at radius 2 is 2.00 bits per heavy atom. The number of hydrogen-bond donors (Lipinski definition) is 2. The quantitative estimate of drug-likeness (QED) is 0.0858. The van der Waals surface area contributed by atoms with Crippen LogP contribution < -0.4 is 5.32 Å². The molecular formula is C25H25ClFN3OS2. The van der Waals surface area contributed by atoms with Crippen molar-refractivity contribution in [2.75, 3.05) is 5.32 Å². The van der Waals surface area contributed by atoms with Gasteiger partial charge in [-0.1, -0.05) is 31.9 Å². The van der Waals surface area contributed by atoms with Gasteiger partial charge in [0, 0.05) is 27.7 Å². The standard InChI is InChI=1S/C25H25ClFN3OS2/c1-6-19(27)10-8-16(3)24-30-23(18(5)29-20-11-13-21(32)14-12-20)25(31-24)33-22(28-7-2)15-9-17(4)26/h6-15,17,29,32H,1-2,5H2,3-4H3/b15-9-,16-8+,19-10+,28-22?. The molecule has 0 aliphatic heterocycles. The lowest BCUT2D eigenvalue weighted by Crippen LogP contribution is -2.00. The molecule has 0 amide bonds. The fraction of sp³-hybridized carbons (Fsp3) is 0.120. The minimum atomic E-state index is -0.463. The molecule has 8 heteroatoms. The van der Waals surface area contributed by atoms with Gasteiger partial charge >= 0.3 is 0 Å². The SMILES string of the molecule is C=CN=C(/C=C\C(C)Cl)Sc1oc(/C(C)=C/C=C(/F)C=C)nc1C(=C)Nc1ccc(S)cc1. The molecule has 1 N–H and O–H groups in total.